The number of allylic oxidation sites excluding steroid dienone is 2. The standard InChI is InChI=1S/C17H13F9O3/c18-14(19,20)7-10-5-8(1-3-12(10)27)9-2-4-13(28)11(6-9)15(29,16(21,22)23)17(24,25)26/h1-6,10,12,27-29H,7H2/t10?,12-/m0/s1. The summed E-state index contributed by atoms with van der Waals surface area (Å²) < 4.78 is 116. The fraction of sp³-hybridized carbons (Fsp3) is 0.412. The average molecular weight is 436 g/mol. The SMILES string of the molecule is Oc1ccc(C2=CC(CC(F)(F)F)[C@@H](O)C=C2)cc1C(O)(C(F)(F)F)C(F)(F)F. The molecule has 29 heavy (non-hydrogen) atoms. The number of benzene rings is 1. The van der Waals surface area contributed by atoms with Gasteiger partial charge in [0.25, 0.3) is 5.60 Å². The minimum Gasteiger partial charge on any atom is -0.508 e. The summed E-state index contributed by atoms with van der Waals surface area (Å²) in [6, 6.07) is 1.50. The predicted molar refractivity (Wildman–Crippen MR) is 81.4 cm³/mol. The van der Waals surface area contributed by atoms with Gasteiger partial charge < -0.3 is 15.3 Å². The van der Waals surface area contributed by atoms with Crippen LogP contribution in [0.15, 0.2) is 36.4 Å². The Labute approximate surface area is 157 Å². The smallest absolute Gasteiger partial charge is 0.430 e. The van der Waals surface area contributed by atoms with Crippen LogP contribution in [0.2, 0.25) is 0 Å². The van der Waals surface area contributed by atoms with Gasteiger partial charge in [0, 0.05) is 11.5 Å². The zero-order chi connectivity index (χ0) is 22.4. The summed E-state index contributed by atoms with van der Waals surface area (Å²) in [4.78, 5) is 0. The molecule has 0 aliphatic heterocycles. The van der Waals surface area contributed by atoms with Crippen LogP contribution in [0.25, 0.3) is 5.57 Å². The van der Waals surface area contributed by atoms with E-state index >= 15 is 0 Å². The molecule has 0 aromatic heterocycles. The van der Waals surface area contributed by atoms with Crippen molar-refractivity contribution in [3.63, 3.8) is 0 Å². The molecule has 12 heteroatoms. The monoisotopic (exact) mass is 436 g/mol. The third kappa shape index (κ3) is 4.53. The van der Waals surface area contributed by atoms with Gasteiger partial charge in [-0.15, -0.1) is 0 Å². The van der Waals surface area contributed by atoms with Gasteiger partial charge >= 0.3 is 18.5 Å². The van der Waals surface area contributed by atoms with Crippen LogP contribution in [-0.2, 0) is 5.60 Å². The van der Waals surface area contributed by atoms with Gasteiger partial charge in [0.1, 0.15) is 5.75 Å². The number of halogens is 9. The number of aromatic hydroxyl groups is 1. The van der Waals surface area contributed by atoms with Crippen LogP contribution < -0.4 is 0 Å². The lowest BCUT2D eigenvalue weighted by molar-refractivity contribution is -0.376. The van der Waals surface area contributed by atoms with E-state index in [1.165, 1.54) is 0 Å². The number of hydrogen-bond acceptors (Lipinski definition) is 3. The topological polar surface area (TPSA) is 60.7 Å². The summed E-state index contributed by atoms with van der Waals surface area (Å²) in [6.07, 6.45) is -17.5. The number of rotatable bonds is 3. The van der Waals surface area contributed by atoms with Crippen molar-refractivity contribution in [1.29, 1.82) is 0 Å². The molecule has 0 radical (unpaired) electrons. The second-order valence-corrected chi connectivity index (χ2v) is 6.39. The van der Waals surface area contributed by atoms with Gasteiger partial charge in [0.2, 0.25) is 0 Å². The van der Waals surface area contributed by atoms with Crippen LogP contribution in [0.1, 0.15) is 17.5 Å². The Morgan fingerprint density at radius 2 is 1.45 bits per heavy atom. The van der Waals surface area contributed by atoms with E-state index in [1.54, 1.807) is 0 Å². The predicted octanol–water partition coefficient (Wildman–Crippen LogP) is 4.59. The normalized spacial score (nSPS) is 21.3. The zero-order valence-electron chi connectivity index (χ0n) is 14.1. The highest BCUT2D eigenvalue weighted by molar-refractivity contribution is 5.76. The molecular weight excluding hydrogens is 423 g/mol. The van der Waals surface area contributed by atoms with Crippen molar-refractivity contribution in [3.8, 4) is 5.75 Å². The first-order chi connectivity index (χ1) is 13.0. The van der Waals surface area contributed by atoms with Gasteiger partial charge in [-0.1, -0.05) is 24.3 Å². The van der Waals surface area contributed by atoms with Gasteiger partial charge in [0.15, 0.2) is 0 Å². The van der Waals surface area contributed by atoms with E-state index in [-0.39, 0.29) is 11.6 Å². The maximum atomic E-state index is 13.1. The third-order valence-electron chi connectivity index (χ3n) is 4.31. The molecule has 0 spiro atoms. The van der Waals surface area contributed by atoms with Crippen LogP contribution in [0, 0.1) is 5.92 Å². The summed E-state index contributed by atoms with van der Waals surface area (Å²) in [6.45, 7) is 0. The molecule has 162 valence electrons. The van der Waals surface area contributed by atoms with E-state index in [0.29, 0.717) is 6.07 Å². The highest BCUT2D eigenvalue weighted by atomic mass is 19.4. The van der Waals surface area contributed by atoms with Gasteiger partial charge in [-0.3, -0.25) is 0 Å². The second kappa shape index (κ2) is 7.24. The molecule has 1 aliphatic carbocycles. The molecule has 0 amide bonds. The largest absolute Gasteiger partial charge is 0.508 e. The lowest BCUT2D eigenvalue weighted by Gasteiger charge is -2.33. The second-order valence-electron chi connectivity index (χ2n) is 6.39. The van der Waals surface area contributed by atoms with E-state index in [2.05, 4.69) is 0 Å². The quantitative estimate of drug-likeness (QED) is 0.608. The van der Waals surface area contributed by atoms with Crippen molar-refractivity contribution in [2.24, 2.45) is 5.92 Å². The van der Waals surface area contributed by atoms with E-state index in [4.69, 9.17) is 0 Å². The summed E-state index contributed by atoms with van der Waals surface area (Å²) in [5.74, 6) is -3.05. The molecule has 1 aromatic carbocycles. The first-order valence-corrected chi connectivity index (χ1v) is 7.82. The molecule has 0 fully saturated rings. The Hall–Kier alpha value is -2.21. The van der Waals surface area contributed by atoms with Gasteiger partial charge in [-0.05, 0) is 23.3 Å². The Balaban J connectivity index is 2.59. The third-order valence-corrected chi connectivity index (χ3v) is 4.31. The lowest BCUT2D eigenvalue weighted by Crippen LogP contribution is -2.54. The Morgan fingerprint density at radius 1 is 0.897 bits per heavy atom. The van der Waals surface area contributed by atoms with Crippen molar-refractivity contribution in [3.05, 3.63) is 47.6 Å². The first-order valence-electron chi connectivity index (χ1n) is 7.82. The van der Waals surface area contributed by atoms with Crippen molar-refractivity contribution < 1.29 is 54.8 Å². The van der Waals surface area contributed by atoms with E-state index in [9.17, 15) is 54.8 Å². The van der Waals surface area contributed by atoms with Gasteiger partial charge in [-0.2, -0.15) is 39.5 Å². The number of alkyl halides is 9. The van der Waals surface area contributed by atoms with E-state index in [1.807, 2.05) is 0 Å². The molecule has 3 nitrogen and oxygen atoms in total. The molecule has 2 atom stereocenters. The molecule has 1 aromatic rings. The highest BCUT2D eigenvalue weighted by Crippen LogP contribution is 2.52. The summed E-state index contributed by atoms with van der Waals surface area (Å²) in [5.41, 5.74) is -8.00. The molecule has 0 bridgehead atoms. The number of phenols is 1. The maximum Gasteiger partial charge on any atom is 0.430 e. The first kappa shape index (κ1) is 23.1. The van der Waals surface area contributed by atoms with Crippen molar-refractivity contribution >= 4 is 5.57 Å². The maximum absolute atomic E-state index is 13.1. The number of aliphatic hydroxyl groups excluding tert-OH is 1. The van der Waals surface area contributed by atoms with Gasteiger partial charge in [-0.25, -0.2) is 0 Å². The fourth-order valence-corrected chi connectivity index (χ4v) is 2.84. The minimum absolute atomic E-state index is 0.189. The summed E-state index contributed by atoms with van der Waals surface area (Å²) in [5, 5.41) is 28.7. The number of phenolic OH excluding ortho intramolecular Hbond substituents is 1. The zero-order valence-corrected chi connectivity index (χ0v) is 14.1. The van der Waals surface area contributed by atoms with Crippen molar-refractivity contribution in [2.75, 3.05) is 0 Å². The Kier molecular flexibility index (Phi) is 5.76. The minimum atomic E-state index is -6.26. The number of hydrogen-bond donors (Lipinski definition) is 3. The molecule has 1 aliphatic rings. The lowest BCUT2D eigenvalue weighted by atomic mass is 9.85. The Morgan fingerprint density at radius 3 is 1.93 bits per heavy atom. The van der Waals surface area contributed by atoms with Crippen molar-refractivity contribution in [2.45, 2.75) is 36.7 Å². The average Bonchev–Trinajstić information content (AvgIpc) is 2.53. The van der Waals surface area contributed by atoms with Crippen LogP contribution in [0.4, 0.5) is 39.5 Å². The van der Waals surface area contributed by atoms with Crippen molar-refractivity contribution in [1.82, 2.24) is 0 Å². The summed E-state index contributed by atoms with van der Waals surface area (Å²) in [7, 11) is 0. The van der Waals surface area contributed by atoms with Crippen LogP contribution in [0.5, 0.6) is 5.75 Å². The molecule has 1 unspecified atom stereocenters. The molecule has 0 saturated carbocycles. The van der Waals surface area contributed by atoms with E-state index in [0.717, 1.165) is 24.3 Å². The Bertz CT molecular complexity index is 805. The highest BCUT2D eigenvalue weighted by Gasteiger charge is 2.72. The molecule has 0 saturated heterocycles. The van der Waals surface area contributed by atoms with E-state index < -0.39 is 59.4 Å². The fourth-order valence-electron chi connectivity index (χ4n) is 2.84. The van der Waals surface area contributed by atoms with Crippen LogP contribution in [0.3, 0.4) is 0 Å². The molecule has 3 N–H and O–H groups in total. The molecule has 0 heterocycles. The summed E-state index contributed by atoms with van der Waals surface area (Å²) >= 11 is 0. The number of aliphatic hydroxyl groups is 2. The van der Waals surface area contributed by atoms with Gasteiger partial charge in [0.05, 0.1) is 12.5 Å². The van der Waals surface area contributed by atoms with Crippen LogP contribution in [-0.4, -0.2) is 40.0 Å². The molecular formula is C17H13F9O3. The molecule has 2 rings (SSSR count). The van der Waals surface area contributed by atoms with Crippen LogP contribution >= 0.6 is 0 Å².